The average molecular weight is 547 g/mol. The number of aromatic hydroxyl groups is 1. The number of phenolic OH excluding ortho intramolecular Hbond substituents is 1. The van der Waals surface area contributed by atoms with E-state index in [1.54, 1.807) is 85.0 Å². The average Bonchev–Trinajstić information content (AvgIpc) is 3.03. The van der Waals surface area contributed by atoms with E-state index in [9.17, 15) is 14.7 Å². The van der Waals surface area contributed by atoms with E-state index < -0.39 is 46.6 Å². The van der Waals surface area contributed by atoms with Gasteiger partial charge < -0.3 is 5.11 Å². The van der Waals surface area contributed by atoms with Crippen molar-refractivity contribution in [1.29, 1.82) is 0 Å². The lowest BCUT2D eigenvalue weighted by Crippen LogP contribution is -2.62. The molecule has 41 heavy (non-hydrogen) atoms. The zero-order valence-corrected chi connectivity index (χ0v) is 22.1. The first-order valence-electron chi connectivity index (χ1n) is 13.6. The van der Waals surface area contributed by atoms with Gasteiger partial charge in [0.2, 0.25) is 11.3 Å². The Morgan fingerprint density at radius 2 is 1.15 bits per heavy atom. The molecule has 1 saturated carbocycles. The third kappa shape index (κ3) is 4.24. The third-order valence-corrected chi connectivity index (χ3v) is 8.53. The fourth-order valence-corrected chi connectivity index (χ4v) is 6.60. The summed E-state index contributed by atoms with van der Waals surface area (Å²) in [5.74, 6) is -4.29. The summed E-state index contributed by atoms with van der Waals surface area (Å²) in [5.41, 5.74) is -2.37. The lowest BCUT2D eigenvalue weighted by atomic mass is 9.48. The normalized spacial score (nSPS) is 29.4. The predicted octanol–water partition coefficient (Wildman–Crippen LogP) is 7.53. The van der Waals surface area contributed by atoms with E-state index in [0.29, 0.717) is 5.75 Å². The topological polar surface area (TPSA) is 54.4 Å². The minimum atomic E-state index is -2.37. The van der Waals surface area contributed by atoms with Crippen LogP contribution in [0.3, 0.4) is 0 Å². The number of hydrogen-bond acceptors (Lipinski definition) is 3. The molecule has 0 radical (unpaired) electrons. The van der Waals surface area contributed by atoms with Crippen LogP contribution < -0.4 is 0 Å². The quantitative estimate of drug-likeness (QED) is 0.270. The molecule has 0 heterocycles. The number of hydrogen-bond donors (Lipinski definition) is 1. The number of fused-ring (bicyclic) bond motifs is 1. The van der Waals surface area contributed by atoms with Gasteiger partial charge in [-0.2, -0.15) is 0 Å². The summed E-state index contributed by atoms with van der Waals surface area (Å²) < 4.78 is 33.0. The van der Waals surface area contributed by atoms with Crippen molar-refractivity contribution >= 4 is 11.6 Å². The van der Waals surface area contributed by atoms with Gasteiger partial charge in [-0.1, -0.05) is 127 Å². The lowest BCUT2D eigenvalue weighted by molar-refractivity contribution is -0.163. The van der Waals surface area contributed by atoms with Crippen LogP contribution in [0.5, 0.6) is 5.75 Å². The second-order valence-corrected chi connectivity index (χ2v) is 10.7. The Labute approximate surface area is 237 Å². The summed E-state index contributed by atoms with van der Waals surface area (Å²) >= 11 is 0. The van der Waals surface area contributed by atoms with Crippen molar-refractivity contribution in [3.05, 3.63) is 151 Å². The maximum atomic E-state index is 16.6. The number of phenols is 1. The van der Waals surface area contributed by atoms with Crippen molar-refractivity contribution < 1.29 is 23.5 Å². The number of rotatable bonds is 3. The van der Waals surface area contributed by atoms with Gasteiger partial charge in [0.25, 0.3) is 0 Å². The number of Topliss-reactive ketones (excluding diaryl/α,β-unsaturated/α-hetero) is 1. The maximum absolute atomic E-state index is 16.6. The molecule has 0 unspecified atom stereocenters. The molecule has 0 spiro atoms. The molecule has 0 aromatic heterocycles. The van der Waals surface area contributed by atoms with Gasteiger partial charge in [0.1, 0.15) is 5.75 Å². The molecule has 4 aliphatic rings. The number of alkyl halides is 2. The van der Waals surface area contributed by atoms with E-state index >= 15 is 8.78 Å². The third-order valence-electron chi connectivity index (χ3n) is 8.53. The Morgan fingerprint density at radius 3 is 1.76 bits per heavy atom. The minimum Gasteiger partial charge on any atom is -0.507 e. The van der Waals surface area contributed by atoms with Crippen LogP contribution in [-0.4, -0.2) is 16.7 Å². The first-order valence-corrected chi connectivity index (χ1v) is 13.6. The minimum absolute atomic E-state index is 0.211. The Kier molecular flexibility index (Phi) is 6.74. The van der Waals surface area contributed by atoms with E-state index in [0.717, 1.165) is 11.1 Å². The molecule has 4 aromatic rings. The van der Waals surface area contributed by atoms with Gasteiger partial charge in [-0.05, 0) is 34.8 Å². The molecule has 1 N–H and O–H groups in total. The molecule has 4 aliphatic carbocycles. The molecule has 0 saturated heterocycles. The van der Waals surface area contributed by atoms with E-state index in [2.05, 4.69) is 0 Å². The fourth-order valence-electron chi connectivity index (χ4n) is 6.60. The first kappa shape index (κ1) is 26.6. The summed E-state index contributed by atoms with van der Waals surface area (Å²) in [6.07, 6.45) is 6.10. The highest BCUT2D eigenvalue weighted by Crippen LogP contribution is 2.61. The van der Waals surface area contributed by atoms with Gasteiger partial charge in [-0.25, -0.2) is 8.78 Å². The summed E-state index contributed by atoms with van der Waals surface area (Å²) in [7, 11) is 0. The number of carbonyl (C=O) groups is 2. The molecule has 8 rings (SSSR count). The van der Waals surface area contributed by atoms with Gasteiger partial charge in [0, 0.05) is 23.3 Å². The molecule has 1 fully saturated rings. The highest BCUT2D eigenvalue weighted by Gasteiger charge is 2.68. The largest absolute Gasteiger partial charge is 0.507 e. The highest BCUT2D eigenvalue weighted by atomic mass is 19.1. The molecule has 204 valence electrons. The summed E-state index contributed by atoms with van der Waals surface area (Å²) in [5, 5.41) is 9.56. The zero-order chi connectivity index (χ0) is 28.6. The molecule has 2 bridgehead atoms. The molecule has 4 aromatic carbocycles. The number of ketones is 2. The van der Waals surface area contributed by atoms with E-state index in [-0.39, 0.29) is 11.1 Å². The number of allylic oxidation sites excluding steroid dienone is 4. The van der Waals surface area contributed by atoms with Gasteiger partial charge in [0.05, 0.1) is 0 Å². The Hall–Kier alpha value is -4.64. The SMILES string of the molecule is O=C1C=C[C@@H]2[C@@H]([C@@H]3C=C[C@H]2C(=O)[C@@]3(F)c2ccccc2)[C@]1(F)c1ccccc1.Oc1ccccc1-c1ccccc1. The maximum Gasteiger partial charge on any atom is 0.201 e. The van der Waals surface area contributed by atoms with Gasteiger partial charge in [-0.3, -0.25) is 9.59 Å². The van der Waals surface area contributed by atoms with E-state index in [1.807, 2.05) is 48.5 Å². The highest BCUT2D eigenvalue weighted by molar-refractivity contribution is 6.02. The summed E-state index contributed by atoms with van der Waals surface area (Å²) in [4.78, 5) is 25.9. The molecule has 6 atom stereocenters. The van der Waals surface area contributed by atoms with Crippen LogP contribution in [0.25, 0.3) is 11.1 Å². The summed E-state index contributed by atoms with van der Waals surface area (Å²) in [6, 6.07) is 33.6. The molecular weight excluding hydrogens is 518 g/mol. The standard InChI is InChI=1S/C24H18F2O2.C12H10O/c25-23(15-7-3-1-4-8-15)19-13-11-18(22(23)28)17-12-14-20(27)24(26,21(17)19)16-9-5-2-6-10-16;13-12-9-5-4-8-11(12)10-6-2-1-3-7-10/h1-14,17-19,21H;1-9,13H/t17-,18+,19-,21-,23+,24-;/m0./s1. The van der Waals surface area contributed by atoms with Crippen LogP contribution >= 0.6 is 0 Å². The smallest absolute Gasteiger partial charge is 0.201 e. The second kappa shape index (κ2) is 10.4. The first-order chi connectivity index (χ1) is 19.9. The van der Waals surface area contributed by atoms with Crippen LogP contribution in [0, 0.1) is 23.7 Å². The monoisotopic (exact) mass is 546 g/mol. The number of halogens is 2. The van der Waals surface area contributed by atoms with Crippen molar-refractivity contribution in [2.24, 2.45) is 23.7 Å². The van der Waals surface area contributed by atoms with Crippen LogP contribution in [-0.2, 0) is 20.9 Å². The van der Waals surface area contributed by atoms with Gasteiger partial charge >= 0.3 is 0 Å². The van der Waals surface area contributed by atoms with E-state index in [1.165, 1.54) is 6.08 Å². The molecule has 0 aliphatic heterocycles. The summed E-state index contributed by atoms with van der Waals surface area (Å²) in [6.45, 7) is 0. The molecule has 5 heteroatoms. The van der Waals surface area contributed by atoms with Gasteiger partial charge in [0.15, 0.2) is 11.6 Å². The van der Waals surface area contributed by atoms with Crippen molar-refractivity contribution in [3.63, 3.8) is 0 Å². The molecular formula is C36H28F2O3. The molecule has 0 amide bonds. The van der Waals surface area contributed by atoms with Crippen molar-refractivity contribution in [1.82, 2.24) is 0 Å². The number of carbonyl (C=O) groups excluding carboxylic acids is 2. The zero-order valence-electron chi connectivity index (χ0n) is 22.1. The van der Waals surface area contributed by atoms with Crippen LogP contribution in [0.15, 0.2) is 140 Å². The Morgan fingerprint density at radius 1 is 0.610 bits per heavy atom. The van der Waals surface area contributed by atoms with Gasteiger partial charge in [-0.15, -0.1) is 0 Å². The van der Waals surface area contributed by atoms with Crippen molar-refractivity contribution in [2.45, 2.75) is 11.3 Å². The van der Waals surface area contributed by atoms with Crippen LogP contribution in [0.1, 0.15) is 11.1 Å². The Balaban J connectivity index is 0.000000195. The second-order valence-electron chi connectivity index (χ2n) is 10.7. The number of para-hydroxylation sites is 1. The van der Waals surface area contributed by atoms with Crippen molar-refractivity contribution in [3.8, 4) is 16.9 Å². The predicted molar refractivity (Wildman–Crippen MR) is 154 cm³/mol. The van der Waals surface area contributed by atoms with Crippen LogP contribution in [0.4, 0.5) is 8.78 Å². The van der Waals surface area contributed by atoms with Crippen LogP contribution in [0.2, 0.25) is 0 Å². The lowest BCUT2D eigenvalue weighted by Gasteiger charge is -2.55. The fraction of sp³-hybridized carbons (Fsp3) is 0.167. The molecule has 3 nitrogen and oxygen atoms in total. The van der Waals surface area contributed by atoms with E-state index in [4.69, 9.17) is 0 Å². The number of benzene rings is 4. The Bertz CT molecular complexity index is 1630. The van der Waals surface area contributed by atoms with Crippen molar-refractivity contribution in [2.75, 3.05) is 0 Å².